The molecule has 0 bridgehead atoms. The van der Waals surface area contributed by atoms with Crippen LogP contribution in [0, 0.1) is 6.92 Å². The van der Waals surface area contributed by atoms with Gasteiger partial charge in [0.25, 0.3) is 5.91 Å². The molecule has 1 amide bonds. The number of likely N-dealkylation sites (tertiary alicyclic amines) is 1. The molecule has 1 aromatic rings. The summed E-state index contributed by atoms with van der Waals surface area (Å²) in [5, 5.41) is 9.94. The molecule has 17 heavy (non-hydrogen) atoms. The van der Waals surface area contributed by atoms with Crippen LogP contribution >= 0.6 is 11.6 Å². The monoisotopic (exact) mass is 253 g/mol. The maximum atomic E-state index is 12.2. The first-order chi connectivity index (χ1) is 8.08. The first-order valence-electron chi connectivity index (χ1n) is 5.81. The summed E-state index contributed by atoms with van der Waals surface area (Å²) < 4.78 is 0. The van der Waals surface area contributed by atoms with Gasteiger partial charge in [0.1, 0.15) is 5.75 Å². The second kappa shape index (κ2) is 4.96. The van der Waals surface area contributed by atoms with E-state index in [4.69, 9.17) is 11.6 Å². The number of alkyl halides is 1. The van der Waals surface area contributed by atoms with Crippen molar-refractivity contribution < 1.29 is 9.90 Å². The van der Waals surface area contributed by atoms with E-state index < -0.39 is 0 Å². The molecule has 1 fully saturated rings. The maximum Gasteiger partial charge on any atom is 0.257 e. The Morgan fingerprint density at radius 1 is 1.41 bits per heavy atom. The molecule has 92 valence electrons. The minimum Gasteiger partial charge on any atom is -0.507 e. The predicted octanol–water partition coefficient (Wildman–Crippen LogP) is 2.54. The number of aromatic hydroxyl groups is 1. The van der Waals surface area contributed by atoms with Gasteiger partial charge in [-0.05, 0) is 37.5 Å². The molecule has 0 unspecified atom stereocenters. The van der Waals surface area contributed by atoms with Gasteiger partial charge in [0.05, 0.1) is 5.56 Å². The van der Waals surface area contributed by atoms with E-state index in [9.17, 15) is 9.90 Å². The van der Waals surface area contributed by atoms with Crippen molar-refractivity contribution in [2.75, 3.05) is 13.1 Å². The lowest BCUT2D eigenvalue weighted by Crippen LogP contribution is -2.38. The molecule has 0 saturated carbocycles. The number of amides is 1. The zero-order valence-electron chi connectivity index (χ0n) is 9.82. The van der Waals surface area contributed by atoms with E-state index in [1.54, 1.807) is 17.0 Å². The largest absolute Gasteiger partial charge is 0.507 e. The van der Waals surface area contributed by atoms with Gasteiger partial charge in [-0.15, -0.1) is 11.6 Å². The van der Waals surface area contributed by atoms with Crippen LogP contribution < -0.4 is 0 Å². The predicted molar refractivity (Wildman–Crippen MR) is 67.6 cm³/mol. The molecular weight excluding hydrogens is 238 g/mol. The van der Waals surface area contributed by atoms with Gasteiger partial charge in [0, 0.05) is 18.5 Å². The second-order valence-electron chi connectivity index (χ2n) is 4.49. The van der Waals surface area contributed by atoms with Gasteiger partial charge in [-0.25, -0.2) is 0 Å². The number of hydrogen-bond acceptors (Lipinski definition) is 2. The molecule has 3 nitrogen and oxygen atoms in total. The number of halogens is 1. The van der Waals surface area contributed by atoms with Crippen LogP contribution in [0.25, 0.3) is 0 Å². The molecule has 0 spiro atoms. The van der Waals surface area contributed by atoms with Crippen molar-refractivity contribution in [1.82, 2.24) is 4.90 Å². The van der Waals surface area contributed by atoms with Crippen molar-refractivity contribution in [3.8, 4) is 5.75 Å². The van der Waals surface area contributed by atoms with Gasteiger partial charge in [0.15, 0.2) is 0 Å². The first kappa shape index (κ1) is 12.2. The maximum absolute atomic E-state index is 12.2. The minimum absolute atomic E-state index is 0.0583. The van der Waals surface area contributed by atoms with Crippen molar-refractivity contribution >= 4 is 17.5 Å². The number of phenolic OH excluding ortho intramolecular Hbond substituents is 1. The van der Waals surface area contributed by atoms with Crippen LogP contribution in [0.4, 0.5) is 0 Å². The van der Waals surface area contributed by atoms with E-state index in [1.807, 2.05) is 13.0 Å². The fourth-order valence-corrected chi connectivity index (χ4v) is 2.24. The number of nitrogens with zero attached hydrogens (tertiary/aromatic N) is 1. The molecule has 0 radical (unpaired) electrons. The number of hydrogen-bond donors (Lipinski definition) is 1. The molecule has 1 heterocycles. The van der Waals surface area contributed by atoms with E-state index in [1.165, 1.54) is 0 Å². The Balaban J connectivity index is 2.14. The van der Waals surface area contributed by atoms with Crippen LogP contribution in [0.2, 0.25) is 0 Å². The van der Waals surface area contributed by atoms with E-state index >= 15 is 0 Å². The Morgan fingerprint density at radius 3 is 2.65 bits per heavy atom. The average Bonchev–Trinajstić information content (AvgIpc) is 2.29. The molecule has 4 heteroatoms. The zero-order chi connectivity index (χ0) is 12.4. The van der Waals surface area contributed by atoms with E-state index in [2.05, 4.69) is 0 Å². The van der Waals surface area contributed by atoms with Gasteiger partial charge in [0.2, 0.25) is 0 Å². The molecule has 1 aromatic carbocycles. The van der Waals surface area contributed by atoms with Crippen molar-refractivity contribution in [2.45, 2.75) is 25.1 Å². The van der Waals surface area contributed by atoms with Crippen LogP contribution in [-0.4, -0.2) is 34.4 Å². The van der Waals surface area contributed by atoms with Crippen LogP contribution in [-0.2, 0) is 0 Å². The number of benzene rings is 1. The van der Waals surface area contributed by atoms with E-state index in [-0.39, 0.29) is 17.0 Å². The van der Waals surface area contributed by atoms with Crippen LogP contribution in [0.15, 0.2) is 18.2 Å². The third-order valence-corrected chi connectivity index (χ3v) is 3.53. The summed E-state index contributed by atoms with van der Waals surface area (Å²) in [5.74, 6) is -0.0472. The molecule has 2 rings (SSSR count). The van der Waals surface area contributed by atoms with Gasteiger partial charge in [-0.3, -0.25) is 4.79 Å². The lowest BCUT2D eigenvalue weighted by Gasteiger charge is -2.29. The number of rotatable bonds is 1. The van der Waals surface area contributed by atoms with Crippen LogP contribution in [0.3, 0.4) is 0 Å². The Bertz CT molecular complexity index is 425. The molecule has 0 aliphatic carbocycles. The van der Waals surface area contributed by atoms with Crippen LogP contribution in [0.1, 0.15) is 28.8 Å². The average molecular weight is 254 g/mol. The number of phenols is 1. The topological polar surface area (TPSA) is 40.5 Å². The lowest BCUT2D eigenvalue weighted by atomic mass is 10.1. The number of carbonyl (C=O) groups excluding carboxylic acids is 1. The summed E-state index contributed by atoms with van der Waals surface area (Å²) >= 11 is 6.00. The van der Waals surface area contributed by atoms with Crippen molar-refractivity contribution in [2.24, 2.45) is 0 Å². The van der Waals surface area contributed by atoms with E-state index in [0.717, 1.165) is 18.4 Å². The van der Waals surface area contributed by atoms with E-state index in [0.29, 0.717) is 18.7 Å². The molecule has 0 atom stereocenters. The number of carbonyl (C=O) groups is 1. The Labute approximate surface area is 106 Å². The van der Waals surface area contributed by atoms with Crippen LogP contribution in [0.5, 0.6) is 5.75 Å². The zero-order valence-corrected chi connectivity index (χ0v) is 10.6. The smallest absolute Gasteiger partial charge is 0.257 e. The number of aryl methyl sites for hydroxylation is 1. The normalized spacial score (nSPS) is 17.2. The molecule has 1 saturated heterocycles. The third kappa shape index (κ3) is 2.72. The summed E-state index contributed by atoms with van der Waals surface area (Å²) in [4.78, 5) is 13.9. The lowest BCUT2D eigenvalue weighted by molar-refractivity contribution is 0.0723. The molecule has 0 aromatic heterocycles. The van der Waals surface area contributed by atoms with Gasteiger partial charge in [-0.1, -0.05) is 6.07 Å². The summed E-state index contributed by atoms with van der Waals surface area (Å²) in [6, 6.07) is 5.13. The highest BCUT2D eigenvalue weighted by Crippen LogP contribution is 2.23. The third-order valence-electron chi connectivity index (χ3n) is 3.10. The Kier molecular flexibility index (Phi) is 3.57. The molecule has 1 aliphatic rings. The SMILES string of the molecule is Cc1ccc(C(=O)N2CCC(Cl)CC2)c(O)c1. The minimum atomic E-state index is -0.105. The second-order valence-corrected chi connectivity index (χ2v) is 5.10. The first-order valence-corrected chi connectivity index (χ1v) is 6.24. The summed E-state index contributed by atoms with van der Waals surface area (Å²) in [5.41, 5.74) is 1.32. The summed E-state index contributed by atoms with van der Waals surface area (Å²) in [6.07, 6.45) is 1.64. The van der Waals surface area contributed by atoms with Crippen molar-refractivity contribution in [1.29, 1.82) is 0 Å². The van der Waals surface area contributed by atoms with Gasteiger partial charge in [-0.2, -0.15) is 0 Å². The molecule has 1 aliphatic heterocycles. The molecule has 1 N–H and O–H groups in total. The highest BCUT2D eigenvalue weighted by molar-refractivity contribution is 6.20. The summed E-state index contributed by atoms with van der Waals surface area (Å²) in [7, 11) is 0. The fraction of sp³-hybridized carbons (Fsp3) is 0.462. The molecular formula is C13H16ClNO2. The van der Waals surface area contributed by atoms with Crippen molar-refractivity contribution in [3.63, 3.8) is 0 Å². The van der Waals surface area contributed by atoms with Gasteiger partial charge < -0.3 is 10.0 Å². The Hall–Kier alpha value is -1.22. The Morgan fingerprint density at radius 2 is 2.06 bits per heavy atom. The standard InChI is InChI=1S/C13H16ClNO2/c1-9-2-3-11(12(16)8-9)13(17)15-6-4-10(14)5-7-15/h2-3,8,10,16H,4-7H2,1H3. The summed E-state index contributed by atoms with van der Waals surface area (Å²) in [6.45, 7) is 3.22. The van der Waals surface area contributed by atoms with Gasteiger partial charge >= 0.3 is 0 Å². The van der Waals surface area contributed by atoms with Crippen molar-refractivity contribution in [3.05, 3.63) is 29.3 Å². The quantitative estimate of drug-likeness (QED) is 0.782. The highest BCUT2D eigenvalue weighted by atomic mass is 35.5. The fourth-order valence-electron chi connectivity index (χ4n) is 2.04. The highest BCUT2D eigenvalue weighted by Gasteiger charge is 2.23. The number of piperidine rings is 1.